The highest BCUT2D eigenvalue weighted by Crippen LogP contribution is 2.44. The van der Waals surface area contributed by atoms with Crippen molar-refractivity contribution < 1.29 is 14.3 Å². The molecule has 3 rings (SSSR count). The van der Waals surface area contributed by atoms with Crippen LogP contribution in [0.15, 0.2) is 24.3 Å². The van der Waals surface area contributed by atoms with E-state index in [4.69, 9.17) is 4.74 Å². The van der Waals surface area contributed by atoms with Gasteiger partial charge in [0.05, 0.1) is 7.11 Å². The molecule has 1 N–H and O–H groups in total. The SMILES string of the molecule is COc1ccc(CNC(=O)C23CCC(=O)N2CCS3)cc1. The van der Waals surface area contributed by atoms with Gasteiger partial charge in [-0.25, -0.2) is 0 Å². The molecule has 1 atom stereocenters. The summed E-state index contributed by atoms with van der Waals surface area (Å²) in [5.74, 6) is 1.68. The molecule has 2 aliphatic rings. The highest BCUT2D eigenvalue weighted by Gasteiger charge is 2.54. The van der Waals surface area contributed by atoms with Gasteiger partial charge in [0, 0.05) is 25.3 Å². The summed E-state index contributed by atoms with van der Waals surface area (Å²) in [4.78, 5) is 25.4. The van der Waals surface area contributed by atoms with Crippen molar-refractivity contribution in [2.45, 2.75) is 24.3 Å². The molecule has 0 radical (unpaired) electrons. The molecular formula is C15H18N2O3S. The third-order valence-corrected chi connectivity index (χ3v) is 5.51. The zero-order chi connectivity index (χ0) is 14.9. The van der Waals surface area contributed by atoms with Crippen molar-refractivity contribution in [3.05, 3.63) is 29.8 Å². The van der Waals surface area contributed by atoms with Gasteiger partial charge in [-0.2, -0.15) is 0 Å². The van der Waals surface area contributed by atoms with E-state index >= 15 is 0 Å². The largest absolute Gasteiger partial charge is 0.497 e. The Hall–Kier alpha value is -1.69. The average molecular weight is 306 g/mol. The van der Waals surface area contributed by atoms with Gasteiger partial charge in [-0.3, -0.25) is 9.59 Å². The molecule has 5 nitrogen and oxygen atoms in total. The lowest BCUT2D eigenvalue weighted by atomic mass is 10.1. The van der Waals surface area contributed by atoms with Crippen LogP contribution in [0.5, 0.6) is 5.75 Å². The van der Waals surface area contributed by atoms with Crippen LogP contribution in [0.1, 0.15) is 18.4 Å². The molecule has 0 bridgehead atoms. The zero-order valence-corrected chi connectivity index (χ0v) is 12.7. The van der Waals surface area contributed by atoms with E-state index in [1.807, 2.05) is 24.3 Å². The first kappa shape index (κ1) is 14.3. The number of fused-ring (bicyclic) bond motifs is 1. The smallest absolute Gasteiger partial charge is 0.256 e. The van der Waals surface area contributed by atoms with Crippen molar-refractivity contribution in [2.24, 2.45) is 0 Å². The number of methoxy groups -OCH3 is 1. The normalized spacial score (nSPS) is 24.0. The number of ether oxygens (including phenoxy) is 1. The number of hydrogen-bond donors (Lipinski definition) is 1. The van der Waals surface area contributed by atoms with Crippen LogP contribution in [0, 0.1) is 0 Å². The standard InChI is InChI=1S/C15H18N2O3S/c1-20-12-4-2-11(3-5-12)10-16-14(19)15-7-6-13(18)17(15)8-9-21-15/h2-5H,6-10H2,1H3,(H,16,19). The number of amides is 2. The Bertz CT molecular complexity index is 561. The number of nitrogens with one attached hydrogen (secondary N) is 1. The summed E-state index contributed by atoms with van der Waals surface area (Å²) >= 11 is 1.59. The fourth-order valence-corrected chi connectivity index (χ4v) is 4.28. The zero-order valence-electron chi connectivity index (χ0n) is 11.9. The maximum absolute atomic E-state index is 12.5. The molecule has 0 saturated carbocycles. The second-order valence-corrected chi connectivity index (χ2v) is 6.58. The van der Waals surface area contributed by atoms with Crippen molar-refractivity contribution in [1.29, 1.82) is 0 Å². The van der Waals surface area contributed by atoms with Crippen LogP contribution in [-0.2, 0) is 16.1 Å². The Morgan fingerprint density at radius 2 is 2.19 bits per heavy atom. The van der Waals surface area contributed by atoms with E-state index in [9.17, 15) is 9.59 Å². The predicted molar refractivity (Wildman–Crippen MR) is 81.0 cm³/mol. The molecule has 1 aromatic carbocycles. The first-order chi connectivity index (χ1) is 10.2. The third-order valence-electron chi connectivity index (χ3n) is 4.04. The predicted octanol–water partition coefficient (Wildman–Crippen LogP) is 1.38. The van der Waals surface area contributed by atoms with E-state index in [0.29, 0.717) is 25.9 Å². The second kappa shape index (κ2) is 5.60. The summed E-state index contributed by atoms with van der Waals surface area (Å²) in [6.07, 6.45) is 1.09. The van der Waals surface area contributed by atoms with Crippen molar-refractivity contribution in [3.8, 4) is 5.75 Å². The molecule has 0 aliphatic carbocycles. The number of benzene rings is 1. The molecule has 112 valence electrons. The van der Waals surface area contributed by atoms with Crippen LogP contribution < -0.4 is 10.1 Å². The first-order valence-electron chi connectivity index (χ1n) is 7.01. The van der Waals surface area contributed by atoms with Crippen molar-refractivity contribution in [1.82, 2.24) is 10.2 Å². The quantitative estimate of drug-likeness (QED) is 0.913. The van der Waals surface area contributed by atoms with Gasteiger partial charge in [-0.1, -0.05) is 12.1 Å². The summed E-state index contributed by atoms with van der Waals surface area (Å²) in [7, 11) is 1.62. The molecule has 2 aliphatic heterocycles. The van der Waals surface area contributed by atoms with Crippen LogP contribution in [0.25, 0.3) is 0 Å². The molecule has 6 heteroatoms. The van der Waals surface area contributed by atoms with Crippen LogP contribution in [0.4, 0.5) is 0 Å². The lowest BCUT2D eigenvalue weighted by Gasteiger charge is -2.29. The van der Waals surface area contributed by atoms with Gasteiger partial charge < -0.3 is 15.0 Å². The number of nitrogens with zero attached hydrogens (tertiary/aromatic N) is 1. The molecule has 2 heterocycles. The van der Waals surface area contributed by atoms with E-state index in [2.05, 4.69) is 5.32 Å². The number of hydrogen-bond acceptors (Lipinski definition) is 4. The highest BCUT2D eigenvalue weighted by molar-refractivity contribution is 8.01. The molecule has 2 fully saturated rings. The number of rotatable bonds is 4. The summed E-state index contributed by atoms with van der Waals surface area (Å²) in [5.41, 5.74) is 1.01. The van der Waals surface area contributed by atoms with E-state index in [-0.39, 0.29) is 11.8 Å². The minimum Gasteiger partial charge on any atom is -0.497 e. The molecule has 21 heavy (non-hydrogen) atoms. The molecule has 1 aromatic rings. The Morgan fingerprint density at radius 3 is 2.90 bits per heavy atom. The van der Waals surface area contributed by atoms with E-state index in [1.54, 1.807) is 23.8 Å². The Labute approximate surface area is 128 Å². The van der Waals surface area contributed by atoms with Crippen LogP contribution in [0.2, 0.25) is 0 Å². The Kier molecular flexibility index (Phi) is 3.80. The maximum atomic E-state index is 12.5. The fourth-order valence-electron chi connectivity index (χ4n) is 2.87. The van der Waals surface area contributed by atoms with Crippen LogP contribution >= 0.6 is 11.8 Å². The van der Waals surface area contributed by atoms with E-state index < -0.39 is 4.87 Å². The fraction of sp³-hybridized carbons (Fsp3) is 0.467. The van der Waals surface area contributed by atoms with Gasteiger partial charge in [-0.05, 0) is 24.1 Å². The van der Waals surface area contributed by atoms with E-state index in [1.165, 1.54) is 0 Å². The van der Waals surface area contributed by atoms with Gasteiger partial charge in [0.15, 0.2) is 4.87 Å². The Morgan fingerprint density at radius 1 is 1.43 bits per heavy atom. The average Bonchev–Trinajstić information content (AvgIpc) is 3.07. The minimum atomic E-state index is -0.663. The molecule has 1 unspecified atom stereocenters. The van der Waals surface area contributed by atoms with Gasteiger partial charge >= 0.3 is 0 Å². The summed E-state index contributed by atoms with van der Waals surface area (Å²) in [6.45, 7) is 1.15. The molecular weight excluding hydrogens is 288 g/mol. The Balaban J connectivity index is 1.65. The molecule has 2 saturated heterocycles. The number of carbonyl (C=O) groups is 2. The second-order valence-electron chi connectivity index (χ2n) is 5.21. The lowest BCUT2D eigenvalue weighted by Crippen LogP contribution is -2.50. The summed E-state index contributed by atoms with van der Waals surface area (Å²) < 4.78 is 5.11. The van der Waals surface area contributed by atoms with Gasteiger partial charge in [0.2, 0.25) is 5.91 Å². The minimum absolute atomic E-state index is 0.0494. The molecule has 2 amide bonds. The number of carbonyl (C=O) groups excluding carboxylic acids is 2. The first-order valence-corrected chi connectivity index (χ1v) is 8.00. The number of thioether (sulfide) groups is 1. The maximum Gasteiger partial charge on any atom is 0.256 e. The highest BCUT2D eigenvalue weighted by atomic mass is 32.2. The lowest BCUT2D eigenvalue weighted by molar-refractivity contribution is -0.135. The topological polar surface area (TPSA) is 58.6 Å². The van der Waals surface area contributed by atoms with Crippen molar-refractivity contribution in [3.63, 3.8) is 0 Å². The molecule has 0 aromatic heterocycles. The third kappa shape index (κ3) is 2.48. The van der Waals surface area contributed by atoms with Crippen molar-refractivity contribution in [2.75, 3.05) is 19.4 Å². The van der Waals surface area contributed by atoms with E-state index in [0.717, 1.165) is 17.1 Å². The van der Waals surface area contributed by atoms with Gasteiger partial charge in [-0.15, -0.1) is 11.8 Å². The summed E-state index contributed by atoms with van der Waals surface area (Å²) in [5, 5.41) is 2.97. The summed E-state index contributed by atoms with van der Waals surface area (Å²) in [6, 6.07) is 7.59. The van der Waals surface area contributed by atoms with Gasteiger partial charge in [0.1, 0.15) is 5.75 Å². The van der Waals surface area contributed by atoms with Gasteiger partial charge in [0.25, 0.3) is 5.91 Å². The van der Waals surface area contributed by atoms with Crippen molar-refractivity contribution >= 4 is 23.6 Å². The van der Waals surface area contributed by atoms with Crippen LogP contribution in [-0.4, -0.2) is 41.0 Å². The molecule has 0 spiro atoms. The monoisotopic (exact) mass is 306 g/mol. The van der Waals surface area contributed by atoms with Crippen LogP contribution in [0.3, 0.4) is 0 Å².